The molecule has 2 rings (SSSR count). The summed E-state index contributed by atoms with van der Waals surface area (Å²) in [6.07, 6.45) is -3.76. The number of nitriles is 1. The first-order chi connectivity index (χ1) is 15.4. The summed E-state index contributed by atoms with van der Waals surface area (Å²) in [7, 11) is 1.25. The maximum atomic E-state index is 14.8. The molecule has 0 spiro atoms. The van der Waals surface area contributed by atoms with Crippen LogP contribution in [-0.2, 0) is 11.8 Å². The van der Waals surface area contributed by atoms with E-state index in [2.05, 4.69) is 10.6 Å². The number of halogens is 5. The van der Waals surface area contributed by atoms with Crippen LogP contribution in [0.5, 0.6) is 0 Å². The van der Waals surface area contributed by atoms with Crippen molar-refractivity contribution in [2.24, 2.45) is 13.0 Å². The Kier molecular flexibility index (Phi) is 7.92. The fraction of sp³-hybridized carbons (Fsp3) is 0.333. The number of hydrogen-bond donors (Lipinski definition) is 2. The van der Waals surface area contributed by atoms with Crippen LogP contribution in [0.2, 0.25) is 0 Å². The lowest BCUT2D eigenvalue weighted by Crippen LogP contribution is -2.32. The third-order valence-electron chi connectivity index (χ3n) is 4.79. The van der Waals surface area contributed by atoms with Crippen molar-refractivity contribution in [3.05, 3.63) is 52.9 Å². The van der Waals surface area contributed by atoms with Gasteiger partial charge in [-0.15, -0.1) is 0 Å². The van der Waals surface area contributed by atoms with Gasteiger partial charge in [0.1, 0.15) is 17.6 Å². The predicted molar refractivity (Wildman–Crippen MR) is 106 cm³/mol. The molecule has 0 saturated carbocycles. The zero-order valence-corrected chi connectivity index (χ0v) is 17.5. The average Bonchev–Trinajstić information content (AvgIpc) is 3.04. The lowest BCUT2D eigenvalue weighted by atomic mass is 10.1. The van der Waals surface area contributed by atoms with Crippen molar-refractivity contribution in [3.63, 3.8) is 0 Å². The number of aromatic nitrogens is 1. The highest BCUT2D eigenvalue weighted by atomic mass is 19.4. The lowest BCUT2D eigenvalue weighted by Gasteiger charge is -2.15. The van der Waals surface area contributed by atoms with E-state index in [1.807, 2.05) is 0 Å². The van der Waals surface area contributed by atoms with E-state index in [9.17, 15) is 36.3 Å². The van der Waals surface area contributed by atoms with E-state index >= 15 is 0 Å². The summed E-state index contributed by atoms with van der Waals surface area (Å²) in [4.78, 5) is 36.7. The number of aryl methyl sites for hydroxylation is 1. The summed E-state index contributed by atoms with van der Waals surface area (Å²) in [6.45, 7) is 0.768. The van der Waals surface area contributed by atoms with E-state index in [0.717, 1.165) is 35.9 Å². The molecule has 1 aromatic carbocycles. The second-order valence-corrected chi connectivity index (χ2v) is 7.25. The van der Waals surface area contributed by atoms with Gasteiger partial charge in [-0.3, -0.25) is 14.4 Å². The van der Waals surface area contributed by atoms with Crippen molar-refractivity contribution < 1.29 is 36.3 Å². The highest BCUT2D eigenvalue weighted by Gasteiger charge is 2.35. The molecule has 12 heteroatoms. The van der Waals surface area contributed by atoms with Crippen LogP contribution < -0.4 is 10.6 Å². The predicted octanol–water partition coefficient (Wildman–Crippen LogP) is 3.70. The van der Waals surface area contributed by atoms with Crippen molar-refractivity contribution in [2.45, 2.75) is 25.9 Å². The van der Waals surface area contributed by atoms with Crippen molar-refractivity contribution in [1.29, 1.82) is 5.26 Å². The van der Waals surface area contributed by atoms with Gasteiger partial charge in [0.05, 0.1) is 17.0 Å². The Morgan fingerprint density at radius 3 is 2.48 bits per heavy atom. The number of alkyl halides is 3. The van der Waals surface area contributed by atoms with Gasteiger partial charge in [0.25, 0.3) is 17.6 Å². The maximum absolute atomic E-state index is 14.8. The Bertz CT molecular complexity index is 1120. The van der Waals surface area contributed by atoms with Crippen LogP contribution in [0.4, 0.5) is 27.6 Å². The van der Waals surface area contributed by atoms with Crippen molar-refractivity contribution in [3.8, 4) is 6.07 Å². The van der Waals surface area contributed by atoms with Gasteiger partial charge in [0.2, 0.25) is 0 Å². The topological polar surface area (TPSA) is 104 Å². The van der Waals surface area contributed by atoms with Gasteiger partial charge in [-0.2, -0.15) is 18.4 Å². The normalized spacial score (nSPS) is 12.1. The molecule has 33 heavy (non-hydrogen) atoms. The first kappa shape index (κ1) is 25.5. The molecule has 176 valence electrons. The number of Topliss-reactive ketones (excluding diaryl/α,β-unsaturated/α-hetero) is 1. The minimum absolute atomic E-state index is 0.00254. The summed E-state index contributed by atoms with van der Waals surface area (Å²) >= 11 is 0. The van der Waals surface area contributed by atoms with Crippen LogP contribution in [0.25, 0.3) is 0 Å². The van der Waals surface area contributed by atoms with Crippen molar-refractivity contribution in [2.75, 3.05) is 11.9 Å². The van der Waals surface area contributed by atoms with Gasteiger partial charge in [-0.05, 0) is 31.0 Å². The van der Waals surface area contributed by atoms with Gasteiger partial charge in [-0.25, -0.2) is 8.78 Å². The third kappa shape index (κ3) is 6.15. The molecule has 0 radical (unpaired) electrons. The molecular formula is C21H19F5N4O3. The molecule has 7 nitrogen and oxygen atoms in total. The molecule has 1 atom stereocenters. The van der Waals surface area contributed by atoms with Crippen LogP contribution in [0, 0.1) is 28.9 Å². The molecule has 0 aliphatic heterocycles. The van der Waals surface area contributed by atoms with E-state index in [-0.39, 0.29) is 30.6 Å². The van der Waals surface area contributed by atoms with Crippen LogP contribution in [0.15, 0.2) is 24.4 Å². The summed E-state index contributed by atoms with van der Waals surface area (Å²) in [5.74, 6) is -7.24. The fourth-order valence-corrected chi connectivity index (χ4v) is 2.87. The summed E-state index contributed by atoms with van der Waals surface area (Å²) < 4.78 is 66.6. The highest BCUT2D eigenvalue weighted by Crippen LogP contribution is 2.28. The Labute approximate surface area is 185 Å². The van der Waals surface area contributed by atoms with Crippen LogP contribution in [-0.4, -0.2) is 34.9 Å². The minimum Gasteiger partial charge on any atom is -0.349 e. The van der Waals surface area contributed by atoms with Crippen LogP contribution >= 0.6 is 0 Å². The van der Waals surface area contributed by atoms with Crippen LogP contribution in [0.3, 0.4) is 0 Å². The number of anilines is 1. The quantitative estimate of drug-likeness (QED) is 0.266. The van der Waals surface area contributed by atoms with Gasteiger partial charge >= 0.3 is 6.18 Å². The number of carbonyl (C=O) groups excluding carboxylic acids is 3. The molecule has 0 saturated heterocycles. The van der Waals surface area contributed by atoms with Gasteiger partial charge in [-0.1, -0.05) is 6.92 Å². The smallest absolute Gasteiger partial charge is 0.349 e. The number of amides is 2. The summed E-state index contributed by atoms with van der Waals surface area (Å²) in [5, 5.41) is 13.2. The standard InChI is InChI=1S/C21H19F5N4O3/c1-11(21(24,25)26)4-3-7-28-20(33)18(31)14-10-30(2)17(16(14)23)19(32)29-13-5-6-15(22)12(8-13)9-27/h5-6,8,10-11H,3-4,7H2,1-2H3,(H,28,33)(H,29,32)/t11-/m0/s1. The molecule has 2 N–H and O–H groups in total. The number of nitrogens with zero attached hydrogens (tertiary/aromatic N) is 2. The number of hydrogen-bond acceptors (Lipinski definition) is 4. The Morgan fingerprint density at radius 1 is 1.21 bits per heavy atom. The molecule has 0 unspecified atom stereocenters. The van der Waals surface area contributed by atoms with E-state index in [1.165, 1.54) is 7.05 Å². The first-order valence-electron chi connectivity index (χ1n) is 9.61. The van der Waals surface area contributed by atoms with E-state index in [1.54, 1.807) is 6.07 Å². The molecule has 0 bridgehead atoms. The second-order valence-electron chi connectivity index (χ2n) is 7.25. The highest BCUT2D eigenvalue weighted by molar-refractivity contribution is 6.43. The summed E-state index contributed by atoms with van der Waals surface area (Å²) in [5.41, 5.74) is -1.66. The van der Waals surface area contributed by atoms with Gasteiger partial charge in [0, 0.05) is 25.5 Å². The monoisotopic (exact) mass is 470 g/mol. The van der Waals surface area contributed by atoms with Crippen LogP contribution in [0.1, 0.15) is 46.2 Å². The fourth-order valence-electron chi connectivity index (χ4n) is 2.87. The second kappa shape index (κ2) is 10.2. The molecule has 0 aliphatic rings. The number of ketones is 1. The third-order valence-corrected chi connectivity index (χ3v) is 4.79. The Balaban J connectivity index is 2.06. The molecule has 0 aliphatic carbocycles. The molecular weight excluding hydrogens is 451 g/mol. The maximum Gasteiger partial charge on any atom is 0.391 e. The van der Waals surface area contributed by atoms with E-state index < -0.39 is 52.6 Å². The van der Waals surface area contributed by atoms with Crippen molar-refractivity contribution in [1.82, 2.24) is 9.88 Å². The molecule has 2 amide bonds. The minimum atomic E-state index is -4.37. The SMILES string of the molecule is C[C@@H](CCCNC(=O)C(=O)c1cn(C)c(C(=O)Nc2ccc(F)c(C#N)c2)c1F)C(F)(F)F. The van der Waals surface area contributed by atoms with Crippen molar-refractivity contribution >= 4 is 23.3 Å². The van der Waals surface area contributed by atoms with Gasteiger partial charge in [0.15, 0.2) is 5.82 Å². The Morgan fingerprint density at radius 2 is 1.88 bits per heavy atom. The zero-order chi connectivity index (χ0) is 24.9. The molecule has 1 aromatic heterocycles. The molecule has 1 heterocycles. The summed E-state index contributed by atoms with van der Waals surface area (Å²) in [6, 6.07) is 4.70. The van der Waals surface area contributed by atoms with Gasteiger partial charge < -0.3 is 15.2 Å². The molecule has 2 aromatic rings. The lowest BCUT2D eigenvalue weighted by molar-refractivity contribution is -0.171. The number of carbonyl (C=O) groups is 3. The number of nitrogens with one attached hydrogen (secondary N) is 2. The average molecular weight is 470 g/mol. The molecule has 0 fully saturated rings. The Hall–Kier alpha value is -3.75. The zero-order valence-electron chi connectivity index (χ0n) is 17.5. The largest absolute Gasteiger partial charge is 0.391 e. The number of benzene rings is 1. The number of rotatable bonds is 8. The first-order valence-corrected chi connectivity index (χ1v) is 9.61. The van der Waals surface area contributed by atoms with E-state index in [0.29, 0.717) is 0 Å². The van der Waals surface area contributed by atoms with E-state index in [4.69, 9.17) is 5.26 Å².